The molecule has 1 aliphatic heterocycles. The fourth-order valence-corrected chi connectivity index (χ4v) is 4.21. The highest BCUT2D eigenvalue weighted by molar-refractivity contribution is 7.80. The first-order chi connectivity index (χ1) is 17.4. The van der Waals surface area contributed by atoms with E-state index in [2.05, 4.69) is 15.5 Å². The maximum atomic E-state index is 12.8. The lowest BCUT2D eigenvalue weighted by molar-refractivity contribution is -0.115. The van der Waals surface area contributed by atoms with Crippen molar-refractivity contribution < 1.29 is 9.59 Å². The van der Waals surface area contributed by atoms with Gasteiger partial charge in [0.05, 0.1) is 0 Å². The molecule has 0 bridgehead atoms. The lowest BCUT2D eigenvalue weighted by atomic mass is 10.1. The Morgan fingerprint density at radius 1 is 0.889 bits per heavy atom. The third kappa shape index (κ3) is 6.93. The van der Waals surface area contributed by atoms with E-state index in [9.17, 15) is 9.59 Å². The van der Waals surface area contributed by atoms with Gasteiger partial charge in [-0.1, -0.05) is 41.4 Å². The summed E-state index contributed by atoms with van der Waals surface area (Å²) in [6, 6.07) is 22.7. The van der Waals surface area contributed by atoms with Gasteiger partial charge in [0.2, 0.25) is 5.91 Å². The smallest absolute Gasteiger partial charge is 0.253 e. The second kappa shape index (κ2) is 11.8. The normalized spacial score (nSPS) is 13.5. The van der Waals surface area contributed by atoms with Crippen molar-refractivity contribution in [1.82, 2.24) is 10.2 Å². The minimum absolute atomic E-state index is 0.0766. The molecular weight excluding hydrogens is 492 g/mol. The fourth-order valence-electron chi connectivity index (χ4n) is 3.86. The summed E-state index contributed by atoms with van der Waals surface area (Å²) >= 11 is 11.1. The molecule has 0 atom stereocenters. The first kappa shape index (κ1) is 25.4. The van der Waals surface area contributed by atoms with Crippen LogP contribution in [0.2, 0.25) is 5.02 Å². The van der Waals surface area contributed by atoms with Gasteiger partial charge in [-0.2, -0.15) is 0 Å². The first-order valence-corrected chi connectivity index (χ1v) is 12.4. The number of carbonyl (C=O) groups excluding carboxylic acids is 2. The third-order valence-electron chi connectivity index (χ3n) is 5.89. The zero-order valence-corrected chi connectivity index (χ0v) is 21.5. The molecule has 2 amide bonds. The summed E-state index contributed by atoms with van der Waals surface area (Å²) < 4.78 is 0. The molecule has 36 heavy (non-hydrogen) atoms. The average molecular weight is 519 g/mol. The van der Waals surface area contributed by atoms with Gasteiger partial charge in [0.15, 0.2) is 5.11 Å². The number of amides is 2. The molecule has 3 aromatic rings. The maximum absolute atomic E-state index is 12.8. The summed E-state index contributed by atoms with van der Waals surface area (Å²) in [6.07, 6.45) is 3.11. The molecule has 3 aromatic carbocycles. The van der Waals surface area contributed by atoms with E-state index < -0.39 is 0 Å². The lowest BCUT2D eigenvalue weighted by Crippen LogP contribution is -2.48. The molecule has 0 radical (unpaired) electrons. The summed E-state index contributed by atoms with van der Waals surface area (Å²) in [5.41, 5.74) is 4.59. The predicted octanol–water partition coefficient (Wildman–Crippen LogP) is 5.14. The Kier molecular flexibility index (Phi) is 8.36. The van der Waals surface area contributed by atoms with Crippen molar-refractivity contribution in [3.05, 3.63) is 101 Å². The number of nitrogens with one attached hydrogen (secondary N) is 2. The van der Waals surface area contributed by atoms with E-state index in [4.69, 9.17) is 23.8 Å². The van der Waals surface area contributed by atoms with Crippen LogP contribution < -0.4 is 15.5 Å². The molecule has 1 aliphatic rings. The largest absolute Gasteiger partial charge is 0.368 e. The highest BCUT2D eigenvalue weighted by Crippen LogP contribution is 2.20. The number of hydrogen-bond acceptors (Lipinski definition) is 4. The van der Waals surface area contributed by atoms with Crippen molar-refractivity contribution in [3.8, 4) is 0 Å². The standard InChI is InChI=1S/C28H27ClN4O2S/c1-20-2-7-22(8-3-20)27(35)33-18-16-32(17-19-33)25-13-11-24(12-14-25)30-28(36)31-26(34)15-6-21-4-9-23(29)10-5-21/h2-15H,16-19H2,1H3,(H2,30,31,34,36)/b15-6+. The quantitative estimate of drug-likeness (QED) is 0.362. The van der Waals surface area contributed by atoms with Gasteiger partial charge in [0, 0.05) is 54.2 Å². The number of anilines is 2. The zero-order chi connectivity index (χ0) is 25.5. The molecule has 0 aromatic heterocycles. The Balaban J connectivity index is 1.24. The number of hydrogen-bond donors (Lipinski definition) is 2. The molecule has 8 heteroatoms. The van der Waals surface area contributed by atoms with Crippen LogP contribution >= 0.6 is 23.8 Å². The van der Waals surface area contributed by atoms with Crippen LogP contribution in [0.4, 0.5) is 11.4 Å². The van der Waals surface area contributed by atoms with Crippen LogP contribution in [0.25, 0.3) is 6.08 Å². The summed E-state index contributed by atoms with van der Waals surface area (Å²) in [6.45, 7) is 4.88. The minimum atomic E-state index is -0.322. The zero-order valence-electron chi connectivity index (χ0n) is 19.9. The molecule has 2 N–H and O–H groups in total. The van der Waals surface area contributed by atoms with Gasteiger partial charge in [0.1, 0.15) is 0 Å². The van der Waals surface area contributed by atoms with Crippen LogP contribution in [0, 0.1) is 6.92 Å². The van der Waals surface area contributed by atoms with E-state index in [0.717, 1.165) is 41.2 Å². The Hall–Kier alpha value is -3.68. The maximum Gasteiger partial charge on any atom is 0.253 e. The Labute approximate surface area is 221 Å². The SMILES string of the molecule is Cc1ccc(C(=O)N2CCN(c3ccc(NC(=S)NC(=O)/C=C/c4ccc(Cl)cc4)cc3)CC2)cc1. The molecular formula is C28H27ClN4O2S. The van der Waals surface area contributed by atoms with E-state index in [1.165, 1.54) is 6.08 Å². The summed E-state index contributed by atoms with van der Waals surface area (Å²) in [5, 5.41) is 6.53. The number of rotatable bonds is 5. The molecule has 0 unspecified atom stereocenters. The minimum Gasteiger partial charge on any atom is -0.368 e. The molecule has 184 valence electrons. The Morgan fingerprint density at radius 3 is 2.17 bits per heavy atom. The highest BCUT2D eigenvalue weighted by atomic mass is 35.5. The first-order valence-electron chi connectivity index (χ1n) is 11.6. The number of nitrogens with zero attached hydrogens (tertiary/aromatic N) is 2. The average Bonchev–Trinajstić information content (AvgIpc) is 2.89. The topological polar surface area (TPSA) is 64.7 Å². The van der Waals surface area contributed by atoms with E-state index in [1.54, 1.807) is 18.2 Å². The van der Waals surface area contributed by atoms with Crippen LogP contribution in [0.3, 0.4) is 0 Å². The van der Waals surface area contributed by atoms with Crippen LogP contribution in [-0.4, -0.2) is 48.0 Å². The van der Waals surface area contributed by atoms with Gasteiger partial charge in [-0.15, -0.1) is 0 Å². The van der Waals surface area contributed by atoms with Gasteiger partial charge in [0.25, 0.3) is 5.91 Å². The van der Waals surface area contributed by atoms with Gasteiger partial charge >= 0.3 is 0 Å². The number of benzene rings is 3. The molecule has 0 aliphatic carbocycles. The van der Waals surface area contributed by atoms with E-state index in [1.807, 2.05) is 72.5 Å². The monoisotopic (exact) mass is 518 g/mol. The number of carbonyl (C=O) groups is 2. The van der Waals surface area contributed by atoms with Gasteiger partial charge < -0.3 is 15.1 Å². The van der Waals surface area contributed by atoms with Crippen LogP contribution in [-0.2, 0) is 4.79 Å². The number of aryl methyl sites for hydroxylation is 1. The van der Waals surface area contributed by atoms with Crippen molar-refractivity contribution in [2.24, 2.45) is 0 Å². The van der Waals surface area contributed by atoms with E-state index in [-0.39, 0.29) is 16.9 Å². The molecule has 0 spiro atoms. The lowest BCUT2D eigenvalue weighted by Gasteiger charge is -2.36. The molecule has 6 nitrogen and oxygen atoms in total. The molecule has 0 saturated carbocycles. The second-order valence-corrected chi connectivity index (χ2v) is 9.37. The highest BCUT2D eigenvalue weighted by Gasteiger charge is 2.22. The Bertz CT molecular complexity index is 1250. The fraction of sp³-hybridized carbons (Fsp3) is 0.179. The molecule has 1 saturated heterocycles. The van der Waals surface area contributed by atoms with Gasteiger partial charge in [-0.05, 0) is 79.3 Å². The van der Waals surface area contributed by atoms with E-state index >= 15 is 0 Å². The van der Waals surface area contributed by atoms with Crippen molar-refractivity contribution >= 4 is 58.2 Å². The number of thiocarbonyl (C=S) groups is 1. The van der Waals surface area contributed by atoms with Gasteiger partial charge in [-0.25, -0.2) is 0 Å². The van der Waals surface area contributed by atoms with Crippen molar-refractivity contribution in [2.75, 3.05) is 36.4 Å². The number of halogens is 1. The number of piperazine rings is 1. The molecule has 1 heterocycles. The van der Waals surface area contributed by atoms with Crippen LogP contribution in [0.1, 0.15) is 21.5 Å². The van der Waals surface area contributed by atoms with Crippen molar-refractivity contribution in [2.45, 2.75) is 6.92 Å². The molecule has 1 fully saturated rings. The van der Waals surface area contributed by atoms with Crippen molar-refractivity contribution in [1.29, 1.82) is 0 Å². The third-order valence-corrected chi connectivity index (χ3v) is 6.35. The Morgan fingerprint density at radius 2 is 1.53 bits per heavy atom. The summed E-state index contributed by atoms with van der Waals surface area (Å²) in [4.78, 5) is 29.0. The van der Waals surface area contributed by atoms with Crippen molar-refractivity contribution in [3.63, 3.8) is 0 Å². The summed E-state index contributed by atoms with van der Waals surface area (Å²) in [5.74, 6) is -0.245. The second-order valence-electron chi connectivity index (χ2n) is 8.52. The van der Waals surface area contributed by atoms with Crippen LogP contribution in [0.5, 0.6) is 0 Å². The summed E-state index contributed by atoms with van der Waals surface area (Å²) in [7, 11) is 0. The van der Waals surface area contributed by atoms with Crippen LogP contribution in [0.15, 0.2) is 78.9 Å². The predicted molar refractivity (Wildman–Crippen MR) is 151 cm³/mol. The van der Waals surface area contributed by atoms with E-state index in [0.29, 0.717) is 18.1 Å². The molecule has 4 rings (SSSR count). The van der Waals surface area contributed by atoms with Gasteiger partial charge in [-0.3, -0.25) is 14.9 Å².